The van der Waals surface area contributed by atoms with E-state index in [9.17, 15) is 0 Å². The minimum atomic E-state index is -0.652. The molecule has 0 saturated carbocycles. The average Bonchev–Trinajstić information content (AvgIpc) is 4.05. The Morgan fingerprint density at radius 1 is 0.318 bits per heavy atom. The van der Waals surface area contributed by atoms with Crippen molar-refractivity contribution >= 4 is 78.0 Å². The van der Waals surface area contributed by atoms with E-state index in [2.05, 4.69) is 228 Å². The molecule has 0 saturated heterocycles. The molecular formula is C61H38N2O3. The quantitative estimate of drug-likeness (QED) is 0.167. The summed E-state index contributed by atoms with van der Waals surface area (Å²) in [7, 11) is 0. The van der Waals surface area contributed by atoms with Crippen molar-refractivity contribution in [2.24, 2.45) is 0 Å². The summed E-state index contributed by atoms with van der Waals surface area (Å²) in [5.74, 6) is 1.69. The number of benzene rings is 10. The van der Waals surface area contributed by atoms with Crippen molar-refractivity contribution < 1.29 is 13.6 Å². The molecule has 0 radical (unpaired) electrons. The van der Waals surface area contributed by atoms with Crippen LogP contribution in [-0.2, 0) is 5.41 Å². The number of hydrogen-bond acceptors (Lipinski definition) is 5. The molecule has 0 fully saturated rings. The second-order valence-electron chi connectivity index (χ2n) is 17.2. The third kappa shape index (κ3) is 5.16. The molecule has 2 aromatic heterocycles. The molecule has 0 atom stereocenters. The van der Waals surface area contributed by atoms with Crippen LogP contribution in [0.5, 0.6) is 11.5 Å². The Morgan fingerprint density at radius 2 is 0.879 bits per heavy atom. The number of rotatable bonds is 6. The maximum absolute atomic E-state index is 6.95. The van der Waals surface area contributed by atoms with Crippen LogP contribution < -0.4 is 14.5 Å². The van der Waals surface area contributed by atoms with Crippen molar-refractivity contribution in [2.45, 2.75) is 5.41 Å². The molecule has 0 bridgehead atoms. The van der Waals surface area contributed by atoms with Crippen LogP contribution in [0.25, 0.3) is 55.0 Å². The van der Waals surface area contributed by atoms with E-state index in [0.29, 0.717) is 0 Å². The molecule has 310 valence electrons. The summed E-state index contributed by atoms with van der Waals surface area (Å²) in [6.07, 6.45) is 0. The van der Waals surface area contributed by atoms with Gasteiger partial charge in [-0.25, -0.2) is 0 Å². The maximum atomic E-state index is 6.95. The van der Waals surface area contributed by atoms with Gasteiger partial charge in [0.05, 0.1) is 22.2 Å². The van der Waals surface area contributed by atoms with Gasteiger partial charge >= 0.3 is 0 Å². The fraction of sp³-hybridized carbons (Fsp3) is 0.0164. The molecule has 5 nitrogen and oxygen atoms in total. The SMILES string of the molecule is c1ccc(N(c2ccccc2)c2cc(N(c3ccc4c(c3)C3(c5ccccc5O4)c4ccccc4-c4ccccc43)c3cccc4oc5ccccc5c34)cc3c2oc2ccccc23)cc1. The summed E-state index contributed by atoms with van der Waals surface area (Å²) in [6, 6.07) is 81.8. The molecule has 2 aliphatic rings. The number of para-hydroxylation sites is 5. The summed E-state index contributed by atoms with van der Waals surface area (Å²) in [5, 5.41) is 4.12. The van der Waals surface area contributed by atoms with Gasteiger partial charge in [-0.1, -0.05) is 146 Å². The third-order valence-electron chi connectivity index (χ3n) is 13.7. The van der Waals surface area contributed by atoms with Crippen LogP contribution in [0.1, 0.15) is 22.3 Å². The third-order valence-corrected chi connectivity index (χ3v) is 13.7. The second kappa shape index (κ2) is 14.1. The van der Waals surface area contributed by atoms with Crippen molar-refractivity contribution in [1.29, 1.82) is 0 Å². The molecule has 14 rings (SSSR count). The lowest BCUT2D eigenvalue weighted by molar-refractivity contribution is 0.436. The van der Waals surface area contributed by atoms with Crippen molar-refractivity contribution in [3.8, 4) is 22.6 Å². The van der Waals surface area contributed by atoms with Gasteiger partial charge in [-0.3, -0.25) is 0 Å². The van der Waals surface area contributed by atoms with Crippen LogP contribution in [-0.4, -0.2) is 0 Å². The highest BCUT2D eigenvalue weighted by atomic mass is 16.5. The van der Waals surface area contributed by atoms with Gasteiger partial charge in [0.25, 0.3) is 0 Å². The van der Waals surface area contributed by atoms with Gasteiger partial charge in [0.1, 0.15) is 28.2 Å². The van der Waals surface area contributed by atoms with Crippen LogP contribution in [0.4, 0.5) is 34.1 Å². The molecule has 10 aromatic carbocycles. The molecule has 12 aromatic rings. The molecule has 3 heterocycles. The van der Waals surface area contributed by atoms with Gasteiger partial charge < -0.3 is 23.4 Å². The minimum Gasteiger partial charge on any atom is -0.457 e. The Hall–Kier alpha value is -8.80. The van der Waals surface area contributed by atoms with E-state index >= 15 is 0 Å². The smallest absolute Gasteiger partial charge is 0.159 e. The summed E-state index contributed by atoms with van der Waals surface area (Å²) in [5.41, 5.74) is 15.6. The normalized spacial score (nSPS) is 13.1. The standard InChI is InChI=1S/C61H38N2O3/c1-3-18-39(19-4-1)62(40-20-5-2-6-21-40)53-38-42(36-47-45-24-9-14-30-54(45)66-60(47)53)63(52-29-17-33-58-59(52)46-25-10-15-31-55(46)64-58)41-34-35-57-51(37-41)61(50-28-13-16-32-56(50)65-57)48-26-11-7-22-43(48)44-23-8-12-27-49(44)61/h1-38H. The first-order valence-corrected chi connectivity index (χ1v) is 22.4. The Labute approximate surface area is 380 Å². The summed E-state index contributed by atoms with van der Waals surface area (Å²) in [6.45, 7) is 0. The number of ether oxygens (including phenoxy) is 1. The molecule has 1 spiro atoms. The maximum Gasteiger partial charge on any atom is 0.159 e. The molecule has 1 aliphatic carbocycles. The van der Waals surface area contributed by atoms with Crippen LogP contribution in [0.2, 0.25) is 0 Å². The predicted molar refractivity (Wildman–Crippen MR) is 268 cm³/mol. The Kier molecular flexibility index (Phi) is 7.83. The van der Waals surface area contributed by atoms with Crippen molar-refractivity contribution in [3.05, 3.63) is 253 Å². The lowest BCUT2D eigenvalue weighted by Crippen LogP contribution is -2.32. The van der Waals surface area contributed by atoms with Crippen molar-refractivity contribution in [3.63, 3.8) is 0 Å². The number of anilines is 6. The zero-order chi connectivity index (χ0) is 43.3. The van der Waals surface area contributed by atoms with Crippen LogP contribution in [0.3, 0.4) is 0 Å². The molecule has 5 heteroatoms. The first kappa shape index (κ1) is 36.7. The topological polar surface area (TPSA) is 42.0 Å². The minimum absolute atomic E-state index is 0.652. The van der Waals surface area contributed by atoms with E-state index in [1.807, 2.05) is 12.1 Å². The average molecular weight is 847 g/mol. The molecular weight excluding hydrogens is 809 g/mol. The molecule has 66 heavy (non-hydrogen) atoms. The van der Waals surface area contributed by atoms with E-state index in [0.717, 1.165) is 101 Å². The highest BCUT2D eigenvalue weighted by Gasteiger charge is 2.51. The molecule has 1 aliphatic heterocycles. The van der Waals surface area contributed by atoms with Crippen LogP contribution in [0, 0.1) is 0 Å². The van der Waals surface area contributed by atoms with Crippen molar-refractivity contribution in [2.75, 3.05) is 9.80 Å². The first-order valence-electron chi connectivity index (χ1n) is 22.4. The van der Waals surface area contributed by atoms with Gasteiger partial charge in [0.2, 0.25) is 0 Å². The molecule has 0 N–H and O–H groups in total. The summed E-state index contributed by atoms with van der Waals surface area (Å²) < 4.78 is 20.5. The Balaban J connectivity index is 1.11. The lowest BCUT2D eigenvalue weighted by atomic mass is 9.66. The zero-order valence-electron chi connectivity index (χ0n) is 35.6. The fourth-order valence-electron chi connectivity index (χ4n) is 11.0. The number of furan rings is 2. The number of nitrogens with zero attached hydrogens (tertiary/aromatic N) is 2. The largest absolute Gasteiger partial charge is 0.457 e. The Bertz CT molecular complexity index is 3800. The summed E-state index contributed by atoms with van der Waals surface area (Å²) in [4.78, 5) is 4.71. The van der Waals surface area contributed by atoms with Crippen LogP contribution in [0.15, 0.2) is 239 Å². The van der Waals surface area contributed by atoms with Gasteiger partial charge in [-0.05, 0) is 107 Å². The zero-order valence-corrected chi connectivity index (χ0v) is 35.6. The van der Waals surface area contributed by atoms with E-state index in [4.69, 9.17) is 13.6 Å². The fourth-order valence-corrected chi connectivity index (χ4v) is 11.0. The van der Waals surface area contributed by atoms with E-state index in [1.54, 1.807) is 0 Å². The highest BCUT2D eigenvalue weighted by molar-refractivity contribution is 6.16. The van der Waals surface area contributed by atoms with Crippen LogP contribution >= 0.6 is 0 Å². The Morgan fingerprint density at radius 3 is 1.61 bits per heavy atom. The number of fused-ring (bicyclic) bond motifs is 15. The van der Waals surface area contributed by atoms with E-state index in [-0.39, 0.29) is 0 Å². The summed E-state index contributed by atoms with van der Waals surface area (Å²) >= 11 is 0. The highest BCUT2D eigenvalue weighted by Crippen LogP contribution is 2.63. The lowest BCUT2D eigenvalue weighted by Gasteiger charge is -2.40. The molecule has 0 unspecified atom stereocenters. The van der Waals surface area contributed by atoms with Crippen molar-refractivity contribution in [1.82, 2.24) is 0 Å². The first-order chi connectivity index (χ1) is 32.7. The number of hydrogen-bond donors (Lipinski definition) is 0. The van der Waals surface area contributed by atoms with Gasteiger partial charge in [0.15, 0.2) is 5.58 Å². The van der Waals surface area contributed by atoms with E-state index < -0.39 is 5.41 Å². The monoisotopic (exact) mass is 846 g/mol. The van der Waals surface area contributed by atoms with Gasteiger partial charge in [-0.15, -0.1) is 0 Å². The van der Waals surface area contributed by atoms with Gasteiger partial charge in [-0.2, -0.15) is 0 Å². The van der Waals surface area contributed by atoms with Gasteiger partial charge in [0, 0.05) is 50.0 Å². The predicted octanol–water partition coefficient (Wildman–Crippen LogP) is 16.9. The molecule has 0 amide bonds. The van der Waals surface area contributed by atoms with E-state index in [1.165, 1.54) is 22.3 Å². The second-order valence-corrected chi connectivity index (χ2v) is 17.2.